The van der Waals surface area contributed by atoms with Crippen LogP contribution in [0.15, 0.2) is 12.7 Å². The van der Waals surface area contributed by atoms with Gasteiger partial charge in [-0.3, -0.25) is 0 Å². The molecule has 1 rings (SSSR count). The third-order valence-corrected chi connectivity index (χ3v) is 2.09. The second-order valence-electron chi connectivity index (χ2n) is 2.99. The van der Waals surface area contributed by atoms with Gasteiger partial charge in [-0.1, -0.05) is 6.08 Å². The number of rotatable bonds is 5. The molecule has 0 aromatic carbocycles. The van der Waals surface area contributed by atoms with Crippen molar-refractivity contribution in [2.75, 3.05) is 13.1 Å². The lowest BCUT2D eigenvalue weighted by atomic mass is 10.2. The molecule has 0 aliphatic heterocycles. The van der Waals surface area contributed by atoms with Crippen LogP contribution in [0.4, 0.5) is 0 Å². The van der Waals surface area contributed by atoms with Gasteiger partial charge in [0.25, 0.3) is 0 Å². The first-order chi connectivity index (χ1) is 4.83. The van der Waals surface area contributed by atoms with Crippen molar-refractivity contribution in [2.24, 2.45) is 5.73 Å². The third-order valence-electron chi connectivity index (χ3n) is 2.09. The van der Waals surface area contributed by atoms with Crippen LogP contribution in [0.5, 0.6) is 0 Å². The van der Waals surface area contributed by atoms with Gasteiger partial charge in [0.05, 0.1) is 0 Å². The Morgan fingerprint density at radius 3 is 2.70 bits per heavy atom. The fraction of sp³-hybridized carbons (Fsp3) is 0.750. The van der Waals surface area contributed by atoms with Crippen LogP contribution in [0.1, 0.15) is 19.3 Å². The largest absolute Gasteiger partial charge is 0.329 e. The molecule has 1 aliphatic carbocycles. The topological polar surface area (TPSA) is 38.0 Å². The Kier molecular flexibility index (Phi) is 2.46. The van der Waals surface area contributed by atoms with Crippen LogP contribution in [0.3, 0.4) is 0 Å². The van der Waals surface area contributed by atoms with Gasteiger partial charge in [-0.05, 0) is 25.8 Å². The smallest absolute Gasteiger partial charge is 0.0305 e. The minimum atomic E-state index is 0.322. The van der Waals surface area contributed by atoms with E-state index >= 15 is 0 Å². The molecule has 58 valence electrons. The highest BCUT2D eigenvalue weighted by Gasteiger charge is 2.39. The summed E-state index contributed by atoms with van der Waals surface area (Å²) in [5.41, 5.74) is 5.89. The van der Waals surface area contributed by atoms with E-state index in [1.165, 1.54) is 12.8 Å². The predicted molar refractivity (Wildman–Crippen MR) is 43.8 cm³/mol. The first-order valence-corrected chi connectivity index (χ1v) is 3.89. The summed E-state index contributed by atoms with van der Waals surface area (Å²) in [7, 11) is 0. The van der Waals surface area contributed by atoms with Crippen LogP contribution in [-0.2, 0) is 0 Å². The van der Waals surface area contributed by atoms with Crippen molar-refractivity contribution in [3.63, 3.8) is 0 Å². The van der Waals surface area contributed by atoms with Crippen molar-refractivity contribution in [3.05, 3.63) is 12.7 Å². The quantitative estimate of drug-likeness (QED) is 0.434. The average Bonchev–Trinajstić information content (AvgIpc) is 2.70. The molecule has 1 aliphatic rings. The second kappa shape index (κ2) is 3.17. The molecule has 0 saturated heterocycles. The molecular weight excluding hydrogens is 124 g/mol. The molecule has 1 fully saturated rings. The molecule has 0 radical (unpaired) electrons. The molecule has 0 amide bonds. The Bertz CT molecular complexity index is 116. The van der Waals surface area contributed by atoms with Crippen LogP contribution in [0.2, 0.25) is 0 Å². The van der Waals surface area contributed by atoms with Gasteiger partial charge >= 0.3 is 0 Å². The Morgan fingerprint density at radius 1 is 1.60 bits per heavy atom. The zero-order valence-corrected chi connectivity index (χ0v) is 6.40. The van der Waals surface area contributed by atoms with Crippen LogP contribution in [0, 0.1) is 0 Å². The highest BCUT2D eigenvalue weighted by Crippen LogP contribution is 2.33. The molecule has 3 N–H and O–H groups in total. The van der Waals surface area contributed by atoms with Gasteiger partial charge in [-0.15, -0.1) is 6.58 Å². The van der Waals surface area contributed by atoms with E-state index in [4.69, 9.17) is 5.73 Å². The Hall–Kier alpha value is -0.340. The van der Waals surface area contributed by atoms with E-state index < -0.39 is 0 Å². The number of hydrogen-bond donors (Lipinski definition) is 2. The van der Waals surface area contributed by atoms with Gasteiger partial charge < -0.3 is 11.1 Å². The minimum Gasteiger partial charge on any atom is -0.329 e. The van der Waals surface area contributed by atoms with Crippen molar-refractivity contribution in [1.29, 1.82) is 0 Å². The van der Waals surface area contributed by atoms with Gasteiger partial charge in [0.15, 0.2) is 0 Å². The molecule has 2 nitrogen and oxygen atoms in total. The van der Waals surface area contributed by atoms with E-state index in [1.54, 1.807) is 0 Å². The number of nitrogens with one attached hydrogen (secondary N) is 1. The van der Waals surface area contributed by atoms with Gasteiger partial charge in [0.2, 0.25) is 0 Å². The number of nitrogens with two attached hydrogens (primary N) is 1. The van der Waals surface area contributed by atoms with Crippen LogP contribution < -0.4 is 11.1 Å². The lowest BCUT2D eigenvalue weighted by Gasteiger charge is -2.12. The Labute approximate surface area is 62.5 Å². The van der Waals surface area contributed by atoms with E-state index in [1.807, 2.05) is 6.08 Å². The first-order valence-electron chi connectivity index (χ1n) is 3.89. The van der Waals surface area contributed by atoms with E-state index in [2.05, 4.69) is 11.9 Å². The van der Waals surface area contributed by atoms with Crippen molar-refractivity contribution in [2.45, 2.75) is 24.8 Å². The maximum absolute atomic E-state index is 5.56. The summed E-state index contributed by atoms with van der Waals surface area (Å²) in [6.07, 6.45) is 5.47. The van der Waals surface area contributed by atoms with E-state index in [0.717, 1.165) is 19.5 Å². The maximum atomic E-state index is 5.56. The fourth-order valence-electron chi connectivity index (χ4n) is 1.04. The Morgan fingerprint density at radius 2 is 2.30 bits per heavy atom. The summed E-state index contributed by atoms with van der Waals surface area (Å²) in [5.74, 6) is 0. The second-order valence-corrected chi connectivity index (χ2v) is 2.99. The van der Waals surface area contributed by atoms with E-state index in [0.29, 0.717) is 5.54 Å². The van der Waals surface area contributed by atoms with E-state index in [9.17, 15) is 0 Å². The van der Waals surface area contributed by atoms with Gasteiger partial charge in [-0.2, -0.15) is 0 Å². The van der Waals surface area contributed by atoms with Crippen molar-refractivity contribution < 1.29 is 0 Å². The van der Waals surface area contributed by atoms with Crippen LogP contribution in [-0.4, -0.2) is 18.6 Å². The summed E-state index contributed by atoms with van der Waals surface area (Å²) >= 11 is 0. The average molecular weight is 140 g/mol. The van der Waals surface area contributed by atoms with Crippen molar-refractivity contribution in [1.82, 2.24) is 5.32 Å². The molecular formula is C8H16N2. The fourth-order valence-corrected chi connectivity index (χ4v) is 1.04. The van der Waals surface area contributed by atoms with Gasteiger partial charge in [0.1, 0.15) is 0 Å². The maximum Gasteiger partial charge on any atom is 0.0305 e. The van der Waals surface area contributed by atoms with Crippen molar-refractivity contribution in [3.8, 4) is 0 Å². The molecule has 0 spiro atoms. The summed E-state index contributed by atoms with van der Waals surface area (Å²) in [4.78, 5) is 0. The monoisotopic (exact) mass is 140 g/mol. The molecule has 0 aromatic heterocycles. The molecule has 0 heterocycles. The molecule has 0 aromatic rings. The highest BCUT2D eigenvalue weighted by atomic mass is 15.0. The van der Waals surface area contributed by atoms with Gasteiger partial charge in [0, 0.05) is 12.1 Å². The number of hydrogen-bond acceptors (Lipinski definition) is 2. The summed E-state index contributed by atoms with van der Waals surface area (Å²) < 4.78 is 0. The molecule has 0 atom stereocenters. The van der Waals surface area contributed by atoms with Gasteiger partial charge in [-0.25, -0.2) is 0 Å². The molecule has 0 bridgehead atoms. The summed E-state index contributed by atoms with van der Waals surface area (Å²) in [5, 5.41) is 3.42. The standard InChI is InChI=1S/C8H16N2/c1-2-3-6-10-8(7-9)4-5-8/h2,10H,1,3-7,9H2. The SMILES string of the molecule is C=CCCNC1(CN)CC1. The summed E-state index contributed by atoms with van der Waals surface area (Å²) in [6, 6.07) is 0. The molecule has 0 unspecified atom stereocenters. The lowest BCUT2D eigenvalue weighted by molar-refractivity contribution is 0.512. The predicted octanol–water partition coefficient (Wildman–Crippen LogP) is 0.643. The zero-order valence-electron chi connectivity index (χ0n) is 6.40. The Balaban J connectivity index is 2.06. The highest BCUT2D eigenvalue weighted by molar-refractivity contribution is 5.02. The molecule has 1 saturated carbocycles. The zero-order chi connectivity index (χ0) is 7.45. The normalized spacial score (nSPS) is 20.5. The van der Waals surface area contributed by atoms with Crippen LogP contribution >= 0.6 is 0 Å². The molecule has 2 heteroatoms. The van der Waals surface area contributed by atoms with E-state index in [-0.39, 0.29) is 0 Å². The van der Waals surface area contributed by atoms with Crippen molar-refractivity contribution >= 4 is 0 Å². The minimum absolute atomic E-state index is 0.322. The van der Waals surface area contributed by atoms with Crippen LogP contribution in [0.25, 0.3) is 0 Å². The lowest BCUT2D eigenvalue weighted by Crippen LogP contribution is -2.38. The summed E-state index contributed by atoms with van der Waals surface area (Å²) in [6.45, 7) is 5.47. The molecule has 10 heavy (non-hydrogen) atoms. The third kappa shape index (κ3) is 1.82. The first kappa shape index (κ1) is 7.76.